The molecule has 0 saturated carbocycles. The van der Waals surface area contributed by atoms with Gasteiger partial charge in [0.2, 0.25) is 0 Å². The summed E-state index contributed by atoms with van der Waals surface area (Å²) in [5.74, 6) is 5.87. The minimum absolute atomic E-state index is 0. The van der Waals surface area contributed by atoms with Crippen LogP contribution in [0.4, 0.5) is 5.82 Å². The lowest BCUT2D eigenvalue weighted by molar-refractivity contribution is 1.04. The van der Waals surface area contributed by atoms with E-state index in [0.717, 1.165) is 10.8 Å². The molecule has 0 amide bonds. The van der Waals surface area contributed by atoms with Crippen molar-refractivity contribution < 1.29 is 0 Å². The third-order valence-electron chi connectivity index (χ3n) is 1.71. The summed E-state index contributed by atoms with van der Waals surface area (Å²) in [4.78, 5) is 0. The molecule has 2 aromatic rings. The topological polar surface area (TPSA) is 63.8 Å². The Morgan fingerprint density at radius 3 is 2.57 bits per heavy atom. The average Bonchev–Trinajstić information content (AvgIpc) is 2.17. The zero-order valence-corrected chi connectivity index (χ0v) is 8.81. The molecule has 0 saturated heterocycles. The molecule has 76 valence electrons. The van der Waals surface area contributed by atoms with Crippen LogP contribution in [0.15, 0.2) is 30.5 Å². The molecule has 6 heteroatoms. The molecule has 0 atom stereocenters. The predicted octanol–water partition coefficient (Wildman–Crippen LogP) is 1.76. The number of hydrazine groups is 1. The van der Waals surface area contributed by atoms with Crippen LogP contribution in [-0.2, 0) is 0 Å². The van der Waals surface area contributed by atoms with Crippen LogP contribution < -0.4 is 11.3 Å². The van der Waals surface area contributed by atoms with Gasteiger partial charge in [0.15, 0.2) is 5.82 Å². The Morgan fingerprint density at radius 1 is 1.14 bits per heavy atom. The van der Waals surface area contributed by atoms with Crippen molar-refractivity contribution in [3.8, 4) is 0 Å². The molecule has 0 spiro atoms. The second-order valence-corrected chi connectivity index (χ2v) is 2.42. The Balaban J connectivity index is 0.000000845. The van der Waals surface area contributed by atoms with E-state index in [9.17, 15) is 0 Å². The Hall–Kier alpha value is -1.10. The molecule has 0 aliphatic rings. The number of nitrogens with one attached hydrogen (secondary N) is 1. The van der Waals surface area contributed by atoms with Crippen molar-refractivity contribution >= 4 is 41.4 Å². The molecular weight excluding hydrogens is 223 g/mol. The number of hydrogen-bond donors (Lipinski definition) is 2. The van der Waals surface area contributed by atoms with Gasteiger partial charge in [-0.3, -0.25) is 0 Å². The van der Waals surface area contributed by atoms with Crippen LogP contribution in [0.2, 0.25) is 0 Å². The van der Waals surface area contributed by atoms with Gasteiger partial charge in [0, 0.05) is 10.8 Å². The molecule has 0 unspecified atom stereocenters. The lowest BCUT2D eigenvalue weighted by Crippen LogP contribution is -2.09. The fourth-order valence-corrected chi connectivity index (χ4v) is 1.13. The molecule has 3 N–H and O–H groups in total. The summed E-state index contributed by atoms with van der Waals surface area (Å²) in [5.41, 5.74) is 2.50. The zero-order chi connectivity index (χ0) is 8.39. The fraction of sp³-hybridized carbons (Fsp3) is 0. The van der Waals surface area contributed by atoms with Gasteiger partial charge in [-0.25, -0.2) is 5.84 Å². The number of halogens is 2. The maximum atomic E-state index is 5.26. The van der Waals surface area contributed by atoms with Gasteiger partial charge in [-0.1, -0.05) is 24.3 Å². The number of fused-ring (bicyclic) bond motifs is 1. The summed E-state index contributed by atoms with van der Waals surface area (Å²) in [5, 5.41) is 9.64. The largest absolute Gasteiger partial charge is 0.306 e. The van der Waals surface area contributed by atoms with Crippen LogP contribution in [0.3, 0.4) is 0 Å². The van der Waals surface area contributed by atoms with Crippen LogP contribution in [0, 0.1) is 0 Å². The molecular formula is C8H10Cl2N4. The highest BCUT2D eigenvalue weighted by Gasteiger charge is 1.98. The zero-order valence-electron chi connectivity index (χ0n) is 7.18. The molecule has 14 heavy (non-hydrogen) atoms. The summed E-state index contributed by atoms with van der Waals surface area (Å²) in [6.07, 6.45) is 1.70. The lowest BCUT2D eigenvalue weighted by atomic mass is 10.2. The van der Waals surface area contributed by atoms with E-state index in [4.69, 9.17) is 5.84 Å². The van der Waals surface area contributed by atoms with E-state index in [1.807, 2.05) is 24.3 Å². The predicted molar refractivity (Wildman–Crippen MR) is 61.8 cm³/mol. The second-order valence-electron chi connectivity index (χ2n) is 2.42. The van der Waals surface area contributed by atoms with Gasteiger partial charge in [-0.15, -0.1) is 29.9 Å². The Labute approximate surface area is 93.7 Å². The first-order valence-electron chi connectivity index (χ1n) is 3.59. The number of aromatic nitrogens is 2. The average molecular weight is 233 g/mol. The smallest absolute Gasteiger partial charge is 0.170 e. The maximum absolute atomic E-state index is 5.26. The van der Waals surface area contributed by atoms with Crippen molar-refractivity contribution in [3.63, 3.8) is 0 Å². The minimum atomic E-state index is 0. The van der Waals surface area contributed by atoms with Crippen LogP contribution in [-0.4, -0.2) is 10.2 Å². The molecule has 0 bridgehead atoms. The van der Waals surface area contributed by atoms with Crippen LogP contribution in [0.25, 0.3) is 10.8 Å². The highest BCUT2D eigenvalue weighted by Crippen LogP contribution is 2.17. The fourth-order valence-electron chi connectivity index (χ4n) is 1.13. The summed E-state index contributed by atoms with van der Waals surface area (Å²) < 4.78 is 0. The first kappa shape index (κ1) is 12.9. The van der Waals surface area contributed by atoms with E-state index in [0.29, 0.717) is 5.82 Å². The van der Waals surface area contributed by atoms with Crippen molar-refractivity contribution in [1.29, 1.82) is 0 Å². The molecule has 1 aromatic heterocycles. The van der Waals surface area contributed by atoms with Gasteiger partial charge >= 0.3 is 0 Å². The van der Waals surface area contributed by atoms with Crippen molar-refractivity contribution in [2.24, 2.45) is 5.84 Å². The number of hydrogen-bond acceptors (Lipinski definition) is 4. The van der Waals surface area contributed by atoms with Crippen LogP contribution in [0.1, 0.15) is 0 Å². The number of nitrogens with zero attached hydrogens (tertiary/aromatic N) is 2. The number of rotatable bonds is 1. The van der Waals surface area contributed by atoms with Crippen molar-refractivity contribution in [1.82, 2.24) is 10.2 Å². The highest BCUT2D eigenvalue weighted by atomic mass is 35.5. The third kappa shape index (κ3) is 2.23. The third-order valence-corrected chi connectivity index (χ3v) is 1.71. The van der Waals surface area contributed by atoms with Crippen LogP contribution >= 0.6 is 24.8 Å². The van der Waals surface area contributed by atoms with Crippen molar-refractivity contribution in [2.75, 3.05) is 5.43 Å². The number of benzene rings is 1. The second kappa shape index (κ2) is 5.59. The Bertz CT molecular complexity index is 402. The summed E-state index contributed by atoms with van der Waals surface area (Å²) in [7, 11) is 0. The lowest BCUT2D eigenvalue weighted by Gasteiger charge is -2.01. The molecule has 1 heterocycles. The number of nitrogen functional groups attached to an aromatic ring is 1. The van der Waals surface area contributed by atoms with E-state index < -0.39 is 0 Å². The molecule has 1 aromatic carbocycles. The van der Waals surface area contributed by atoms with Gasteiger partial charge in [0.1, 0.15) is 0 Å². The molecule has 0 radical (unpaired) electrons. The maximum Gasteiger partial charge on any atom is 0.170 e. The number of nitrogens with two attached hydrogens (primary N) is 1. The molecule has 2 rings (SSSR count). The molecule has 0 aliphatic heterocycles. The Morgan fingerprint density at radius 2 is 1.86 bits per heavy atom. The van der Waals surface area contributed by atoms with Crippen LogP contribution in [0.5, 0.6) is 0 Å². The number of anilines is 1. The highest BCUT2D eigenvalue weighted by molar-refractivity contribution is 5.90. The molecule has 0 aliphatic carbocycles. The normalized spacial score (nSPS) is 8.64. The first-order chi connectivity index (χ1) is 5.92. The standard InChI is InChI=1S/C8H8N4.2ClH/c9-11-8-7-4-2-1-3-6(7)5-10-12-8;;/h1-5H,9H2,(H,11,12);2*1H. The Kier molecular flexibility index (Phi) is 5.15. The van der Waals surface area contributed by atoms with E-state index >= 15 is 0 Å². The quantitative estimate of drug-likeness (QED) is 0.581. The minimum Gasteiger partial charge on any atom is -0.306 e. The van der Waals surface area contributed by atoms with Gasteiger partial charge in [0.25, 0.3) is 0 Å². The first-order valence-corrected chi connectivity index (χ1v) is 3.59. The SMILES string of the molecule is Cl.Cl.NNc1nncc2ccccc12. The summed E-state index contributed by atoms with van der Waals surface area (Å²) in [6.45, 7) is 0. The van der Waals surface area contributed by atoms with Crippen molar-refractivity contribution in [2.45, 2.75) is 0 Å². The van der Waals surface area contributed by atoms with Gasteiger partial charge in [-0.05, 0) is 0 Å². The van der Waals surface area contributed by atoms with Gasteiger partial charge in [-0.2, -0.15) is 5.10 Å². The van der Waals surface area contributed by atoms with E-state index in [1.54, 1.807) is 6.20 Å². The summed E-state index contributed by atoms with van der Waals surface area (Å²) in [6, 6.07) is 7.79. The summed E-state index contributed by atoms with van der Waals surface area (Å²) >= 11 is 0. The van der Waals surface area contributed by atoms with Gasteiger partial charge < -0.3 is 5.43 Å². The van der Waals surface area contributed by atoms with Gasteiger partial charge in [0.05, 0.1) is 6.20 Å². The molecule has 0 fully saturated rings. The van der Waals surface area contributed by atoms with Crippen molar-refractivity contribution in [3.05, 3.63) is 30.5 Å². The van der Waals surface area contributed by atoms with E-state index in [1.165, 1.54) is 0 Å². The monoisotopic (exact) mass is 232 g/mol. The molecule has 4 nitrogen and oxygen atoms in total. The van der Waals surface area contributed by atoms with E-state index in [-0.39, 0.29) is 24.8 Å². The van der Waals surface area contributed by atoms with E-state index in [2.05, 4.69) is 15.6 Å².